The number of ether oxygens (including phenoxy) is 1. The van der Waals surface area contributed by atoms with Crippen LogP contribution in [0.1, 0.15) is 31.2 Å². The summed E-state index contributed by atoms with van der Waals surface area (Å²) in [5.74, 6) is -1.69. The van der Waals surface area contributed by atoms with E-state index in [1.807, 2.05) is 0 Å². The van der Waals surface area contributed by atoms with Gasteiger partial charge in [-0.2, -0.15) is 0 Å². The Morgan fingerprint density at radius 2 is 2.00 bits per heavy atom. The normalized spacial score (nSPS) is 15.1. The monoisotopic (exact) mass is 422 g/mol. The Morgan fingerprint density at radius 3 is 2.69 bits per heavy atom. The maximum Gasteiger partial charge on any atom is 0.303 e. The van der Waals surface area contributed by atoms with E-state index in [2.05, 4.69) is 5.32 Å². The van der Waals surface area contributed by atoms with Crippen LogP contribution in [0.5, 0.6) is 11.5 Å². The zero-order valence-electron chi connectivity index (χ0n) is 15.8. The molecule has 0 atom stereocenters. The lowest BCUT2D eigenvalue weighted by Crippen LogP contribution is -2.39. The molecule has 0 bridgehead atoms. The molecule has 2 rings (SSSR count). The molecule has 1 fully saturated rings. The van der Waals surface area contributed by atoms with Gasteiger partial charge in [0.05, 0.1) is 12.0 Å². The Balaban J connectivity index is 1.88. The predicted octanol–water partition coefficient (Wildman–Crippen LogP) is 2.20. The zero-order valence-corrected chi connectivity index (χ0v) is 16.7. The molecule has 3 N–H and O–H groups in total. The van der Waals surface area contributed by atoms with Crippen molar-refractivity contribution in [1.82, 2.24) is 10.2 Å². The Morgan fingerprint density at radius 1 is 1.24 bits per heavy atom. The molecule has 0 aliphatic carbocycles. The number of carbonyl (C=O) groups is 4. The molecule has 0 aromatic heterocycles. The summed E-state index contributed by atoms with van der Waals surface area (Å²) in [7, 11) is 1.40. The first-order valence-corrected chi connectivity index (χ1v) is 9.74. The number of thioether (sulfide) groups is 1. The van der Waals surface area contributed by atoms with Crippen molar-refractivity contribution in [2.45, 2.75) is 25.7 Å². The molecule has 1 aromatic rings. The summed E-state index contributed by atoms with van der Waals surface area (Å²) in [6.07, 6.45) is 3.38. The number of carboxylic acids is 1. The van der Waals surface area contributed by atoms with Crippen molar-refractivity contribution >= 4 is 40.9 Å². The van der Waals surface area contributed by atoms with E-state index in [0.717, 1.165) is 16.7 Å². The summed E-state index contributed by atoms with van der Waals surface area (Å²) in [6, 6.07) is 4.52. The van der Waals surface area contributed by atoms with Gasteiger partial charge in [-0.25, -0.2) is 0 Å². The van der Waals surface area contributed by atoms with Gasteiger partial charge in [0, 0.05) is 13.0 Å². The number of carbonyl (C=O) groups excluding carboxylic acids is 3. The number of imide groups is 1. The highest BCUT2D eigenvalue weighted by Gasteiger charge is 2.36. The van der Waals surface area contributed by atoms with Crippen LogP contribution in [-0.4, -0.2) is 58.3 Å². The third-order valence-corrected chi connectivity index (χ3v) is 4.97. The molecule has 3 amide bonds. The van der Waals surface area contributed by atoms with Crippen molar-refractivity contribution in [1.29, 1.82) is 0 Å². The molecule has 1 aromatic carbocycles. The van der Waals surface area contributed by atoms with Crippen LogP contribution in [0.15, 0.2) is 23.1 Å². The number of aliphatic carboxylic acids is 1. The smallest absolute Gasteiger partial charge is 0.303 e. The Hall–Kier alpha value is -3.01. The van der Waals surface area contributed by atoms with Crippen molar-refractivity contribution in [2.24, 2.45) is 0 Å². The number of methoxy groups -OCH3 is 1. The maximum absolute atomic E-state index is 12.5. The Labute approximate surface area is 171 Å². The number of unbranched alkanes of at least 4 members (excludes halogenated alkanes) is 2. The van der Waals surface area contributed by atoms with E-state index in [0.29, 0.717) is 31.4 Å². The number of carboxylic acid groups (broad SMARTS) is 1. The third-order valence-electron chi connectivity index (χ3n) is 4.07. The molecule has 0 radical (unpaired) electrons. The molecule has 1 saturated heterocycles. The highest BCUT2D eigenvalue weighted by atomic mass is 32.2. The molecule has 0 unspecified atom stereocenters. The highest BCUT2D eigenvalue weighted by molar-refractivity contribution is 8.18. The summed E-state index contributed by atoms with van der Waals surface area (Å²) < 4.78 is 5.02. The number of benzene rings is 1. The maximum atomic E-state index is 12.5. The molecular weight excluding hydrogens is 400 g/mol. The van der Waals surface area contributed by atoms with E-state index in [4.69, 9.17) is 9.84 Å². The van der Waals surface area contributed by atoms with Gasteiger partial charge in [0.1, 0.15) is 6.54 Å². The van der Waals surface area contributed by atoms with Gasteiger partial charge in [-0.3, -0.25) is 24.1 Å². The van der Waals surface area contributed by atoms with Crippen LogP contribution in [0.3, 0.4) is 0 Å². The van der Waals surface area contributed by atoms with Gasteiger partial charge >= 0.3 is 5.97 Å². The number of amides is 3. The average Bonchev–Trinajstić information content (AvgIpc) is 2.93. The first-order chi connectivity index (χ1) is 13.8. The van der Waals surface area contributed by atoms with Crippen LogP contribution < -0.4 is 10.1 Å². The quantitative estimate of drug-likeness (QED) is 0.386. The van der Waals surface area contributed by atoms with Crippen molar-refractivity contribution < 1.29 is 34.1 Å². The fourth-order valence-corrected chi connectivity index (χ4v) is 3.42. The summed E-state index contributed by atoms with van der Waals surface area (Å²) in [6.45, 7) is -0.0339. The van der Waals surface area contributed by atoms with E-state index in [1.165, 1.54) is 25.3 Å². The van der Waals surface area contributed by atoms with Crippen LogP contribution in [-0.2, 0) is 14.4 Å². The fourth-order valence-electron chi connectivity index (χ4n) is 2.58. The molecule has 156 valence electrons. The molecule has 29 heavy (non-hydrogen) atoms. The summed E-state index contributed by atoms with van der Waals surface area (Å²) >= 11 is 0.734. The number of nitrogens with zero attached hydrogens (tertiary/aromatic N) is 1. The highest BCUT2D eigenvalue weighted by Crippen LogP contribution is 2.33. The minimum Gasteiger partial charge on any atom is -0.504 e. The van der Waals surface area contributed by atoms with E-state index < -0.39 is 23.0 Å². The number of rotatable bonds is 10. The SMILES string of the molecule is COc1cc(/C=C2\SC(=O)N(CC(=O)NCCCCCC(=O)O)C2=O)ccc1O. The van der Waals surface area contributed by atoms with Crippen LogP contribution in [0.25, 0.3) is 6.08 Å². The molecule has 1 aliphatic rings. The summed E-state index contributed by atoms with van der Waals surface area (Å²) in [5, 5.41) is 20.3. The number of aromatic hydroxyl groups is 1. The third kappa shape index (κ3) is 6.53. The van der Waals surface area contributed by atoms with E-state index in [1.54, 1.807) is 6.07 Å². The van der Waals surface area contributed by atoms with Gasteiger partial charge in [-0.05, 0) is 48.4 Å². The van der Waals surface area contributed by atoms with Crippen molar-refractivity contribution in [3.05, 3.63) is 28.7 Å². The molecule has 0 saturated carbocycles. The standard InChI is InChI=1S/C19H22N2O7S/c1-28-14-9-12(6-7-13(14)22)10-15-18(26)21(19(27)29-15)11-16(23)20-8-4-2-3-5-17(24)25/h6-7,9-10,22H,2-5,8,11H2,1H3,(H,20,23)(H,24,25)/b15-10-. The van der Waals surface area contributed by atoms with Crippen LogP contribution in [0, 0.1) is 0 Å². The minimum atomic E-state index is -0.854. The Kier molecular flexibility index (Phi) is 8.08. The molecule has 10 heteroatoms. The van der Waals surface area contributed by atoms with Gasteiger partial charge < -0.3 is 20.3 Å². The van der Waals surface area contributed by atoms with Crippen molar-refractivity contribution in [2.75, 3.05) is 20.2 Å². The molecular formula is C19H22N2O7S. The first-order valence-electron chi connectivity index (χ1n) is 8.92. The van der Waals surface area contributed by atoms with Crippen LogP contribution in [0.2, 0.25) is 0 Å². The van der Waals surface area contributed by atoms with E-state index in [9.17, 15) is 24.3 Å². The molecule has 0 spiro atoms. The second kappa shape index (κ2) is 10.5. The largest absolute Gasteiger partial charge is 0.504 e. The molecule has 9 nitrogen and oxygen atoms in total. The predicted molar refractivity (Wildman–Crippen MR) is 106 cm³/mol. The van der Waals surface area contributed by atoms with Gasteiger partial charge in [0.25, 0.3) is 11.1 Å². The summed E-state index contributed by atoms with van der Waals surface area (Å²) in [5.41, 5.74) is 0.566. The number of hydrogen-bond donors (Lipinski definition) is 3. The lowest BCUT2D eigenvalue weighted by molar-refractivity contribution is -0.137. The molecule has 1 aliphatic heterocycles. The number of phenols is 1. The second-order valence-corrected chi connectivity index (χ2v) is 7.25. The van der Waals surface area contributed by atoms with E-state index >= 15 is 0 Å². The van der Waals surface area contributed by atoms with Crippen molar-refractivity contribution in [3.63, 3.8) is 0 Å². The molecule has 1 heterocycles. The summed E-state index contributed by atoms with van der Waals surface area (Å²) in [4.78, 5) is 48.0. The van der Waals surface area contributed by atoms with Crippen LogP contribution >= 0.6 is 11.8 Å². The minimum absolute atomic E-state index is 0.0441. The lowest BCUT2D eigenvalue weighted by Gasteiger charge is -2.12. The van der Waals surface area contributed by atoms with Gasteiger partial charge in [-0.1, -0.05) is 12.5 Å². The number of hydrogen-bond acceptors (Lipinski definition) is 7. The second-order valence-electron chi connectivity index (χ2n) is 6.25. The average molecular weight is 422 g/mol. The first kappa shape index (κ1) is 22.3. The zero-order chi connectivity index (χ0) is 21.4. The number of nitrogens with one attached hydrogen (secondary N) is 1. The van der Waals surface area contributed by atoms with Gasteiger partial charge in [0.15, 0.2) is 11.5 Å². The van der Waals surface area contributed by atoms with Gasteiger partial charge in [0.2, 0.25) is 5.91 Å². The topological polar surface area (TPSA) is 133 Å². The van der Waals surface area contributed by atoms with Crippen LogP contribution in [0.4, 0.5) is 4.79 Å². The lowest BCUT2D eigenvalue weighted by atomic mass is 10.2. The Bertz CT molecular complexity index is 838. The van der Waals surface area contributed by atoms with Crippen molar-refractivity contribution in [3.8, 4) is 11.5 Å². The number of phenolic OH excluding ortho intramolecular Hbond substituents is 1. The van der Waals surface area contributed by atoms with Gasteiger partial charge in [-0.15, -0.1) is 0 Å². The van der Waals surface area contributed by atoms with E-state index in [-0.39, 0.29) is 29.4 Å². The fraction of sp³-hybridized carbons (Fsp3) is 0.368.